The van der Waals surface area contributed by atoms with Gasteiger partial charge in [-0.1, -0.05) is 88.6 Å². The Hall–Kier alpha value is -2.32. The smallest absolute Gasteiger partial charge is 0.356 e. The SMILES string of the molecule is CCCCC(=O)OC(C(=O)OCC#CCN(CC)CC)(c1ccccc1)C1CCCCC1. The van der Waals surface area contributed by atoms with Gasteiger partial charge in [-0.3, -0.25) is 9.69 Å². The van der Waals surface area contributed by atoms with E-state index in [0.717, 1.165) is 58.0 Å². The molecule has 2 rings (SSSR count). The van der Waals surface area contributed by atoms with Gasteiger partial charge in [0.05, 0.1) is 6.54 Å². The maximum atomic E-state index is 13.6. The molecule has 0 heterocycles. The lowest BCUT2D eigenvalue weighted by Gasteiger charge is -2.40. The van der Waals surface area contributed by atoms with Gasteiger partial charge in [-0.05, 0) is 32.4 Å². The van der Waals surface area contributed by atoms with Crippen molar-refractivity contribution in [2.45, 2.75) is 77.7 Å². The fourth-order valence-corrected chi connectivity index (χ4v) is 4.33. The lowest BCUT2D eigenvalue weighted by atomic mass is 9.73. The molecule has 1 aromatic rings. The maximum absolute atomic E-state index is 13.6. The molecule has 176 valence electrons. The summed E-state index contributed by atoms with van der Waals surface area (Å²) in [4.78, 5) is 28.6. The fourth-order valence-electron chi connectivity index (χ4n) is 4.33. The molecule has 32 heavy (non-hydrogen) atoms. The van der Waals surface area contributed by atoms with E-state index in [1.807, 2.05) is 37.3 Å². The van der Waals surface area contributed by atoms with Crippen molar-refractivity contribution < 1.29 is 19.1 Å². The molecular formula is C27H39NO4. The fraction of sp³-hybridized carbons (Fsp3) is 0.630. The average molecular weight is 442 g/mol. The van der Waals surface area contributed by atoms with Crippen LogP contribution in [0.1, 0.15) is 77.7 Å². The van der Waals surface area contributed by atoms with Crippen molar-refractivity contribution in [2.24, 2.45) is 5.92 Å². The van der Waals surface area contributed by atoms with Crippen molar-refractivity contribution in [3.63, 3.8) is 0 Å². The van der Waals surface area contributed by atoms with E-state index in [4.69, 9.17) is 9.47 Å². The molecule has 0 bridgehead atoms. The van der Waals surface area contributed by atoms with E-state index in [1.54, 1.807) is 0 Å². The molecule has 0 radical (unpaired) electrons. The average Bonchev–Trinajstić information content (AvgIpc) is 2.84. The second-order valence-corrected chi connectivity index (χ2v) is 8.41. The first-order valence-corrected chi connectivity index (χ1v) is 12.2. The first-order valence-electron chi connectivity index (χ1n) is 12.2. The van der Waals surface area contributed by atoms with Gasteiger partial charge in [-0.15, -0.1) is 0 Å². The molecule has 1 fully saturated rings. The summed E-state index contributed by atoms with van der Waals surface area (Å²) >= 11 is 0. The summed E-state index contributed by atoms with van der Waals surface area (Å²) in [6.07, 6.45) is 6.76. The topological polar surface area (TPSA) is 55.8 Å². The minimum absolute atomic E-state index is 0.00604. The van der Waals surface area contributed by atoms with Gasteiger partial charge in [0.2, 0.25) is 5.60 Å². The van der Waals surface area contributed by atoms with E-state index in [9.17, 15) is 9.59 Å². The van der Waals surface area contributed by atoms with E-state index < -0.39 is 11.6 Å². The summed E-state index contributed by atoms with van der Waals surface area (Å²) in [7, 11) is 0. The molecule has 5 heteroatoms. The Morgan fingerprint density at radius 1 is 1.03 bits per heavy atom. The molecule has 0 amide bonds. The Morgan fingerprint density at radius 3 is 2.34 bits per heavy atom. The summed E-state index contributed by atoms with van der Waals surface area (Å²) in [5, 5.41) is 0. The molecule has 1 aliphatic rings. The third-order valence-electron chi connectivity index (χ3n) is 6.29. The van der Waals surface area contributed by atoms with Crippen molar-refractivity contribution >= 4 is 11.9 Å². The predicted octanol–water partition coefficient (Wildman–Crippen LogP) is 5.08. The highest BCUT2D eigenvalue weighted by molar-refractivity contribution is 5.85. The highest BCUT2D eigenvalue weighted by Crippen LogP contribution is 2.43. The Kier molecular flexibility index (Phi) is 11.3. The van der Waals surface area contributed by atoms with Crippen LogP contribution in [0.5, 0.6) is 0 Å². The zero-order chi connectivity index (χ0) is 23.2. The van der Waals surface area contributed by atoms with Crippen LogP contribution in [0.3, 0.4) is 0 Å². The van der Waals surface area contributed by atoms with E-state index in [1.165, 1.54) is 0 Å². The molecule has 1 aromatic carbocycles. The van der Waals surface area contributed by atoms with Crippen molar-refractivity contribution in [1.82, 2.24) is 4.90 Å². The van der Waals surface area contributed by atoms with Crippen LogP contribution in [-0.4, -0.2) is 43.1 Å². The molecule has 0 aliphatic heterocycles. The second-order valence-electron chi connectivity index (χ2n) is 8.41. The summed E-state index contributed by atoms with van der Waals surface area (Å²) in [5.41, 5.74) is -0.717. The van der Waals surface area contributed by atoms with Gasteiger partial charge in [0.25, 0.3) is 0 Å². The molecule has 1 saturated carbocycles. The Balaban J connectivity index is 2.29. The molecule has 0 saturated heterocycles. The largest absolute Gasteiger partial charge is 0.449 e. The van der Waals surface area contributed by atoms with Crippen LogP contribution in [0.2, 0.25) is 0 Å². The molecule has 5 nitrogen and oxygen atoms in total. The van der Waals surface area contributed by atoms with Crippen LogP contribution in [-0.2, 0) is 24.7 Å². The van der Waals surface area contributed by atoms with E-state index >= 15 is 0 Å². The van der Waals surface area contributed by atoms with Crippen LogP contribution >= 0.6 is 0 Å². The van der Waals surface area contributed by atoms with Gasteiger partial charge >= 0.3 is 11.9 Å². The van der Waals surface area contributed by atoms with Gasteiger partial charge in [-0.2, -0.15) is 0 Å². The summed E-state index contributed by atoms with van der Waals surface area (Å²) in [6.45, 7) is 8.71. The first-order chi connectivity index (χ1) is 15.6. The maximum Gasteiger partial charge on any atom is 0.356 e. The normalized spacial score (nSPS) is 16.0. The lowest BCUT2D eigenvalue weighted by molar-refractivity contribution is -0.193. The van der Waals surface area contributed by atoms with Crippen LogP contribution in [0.15, 0.2) is 30.3 Å². The van der Waals surface area contributed by atoms with Crippen LogP contribution in [0.4, 0.5) is 0 Å². The predicted molar refractivity (Wildman–Crippen MR) is 127 cm³/mol. The van der Waals surface area contributed by atoms with Crippen LogP contribution < -0.4 is 0 Å². The molecule has 0 aromatic heterocycles. The first kappa shape index (κ1) is 25.9. The van der Waals surface area contributed by atoms with Crippen molar-refractivity contribution in [3.8, 4) is 11.8 Å². The lowest BCUT2D eigenvalue weighted by Crippen LogP contribution is -2.49. The summed E-state index contributed by atoms with van der Waals surface area (Å²) < 4.78 is 11.7. The molecule has 0 spiro atoms. The van der Waals surface area contributed by atoms with Gasteiger partial charge in [0.1, 0.15) is 0 Å². The Labute approximate surface area is 193 Å². The Bertz CT molecular complexity index is 757. The summed E-state index contributed by atoms with van der Waals surface area (Å²) in [6, 6.07) is 9.40. The quantitative estimate of drug-likeness (QED) is 0.354. The van der Waals surface area contributed by atoms with E-state index in [2.05, 4.69) is 30.6 Å². The number of carbonyl (C=O) groups excluding carboxylic acids is 2. The molecule has 1 unspecified atom stereocenters. The molecule has 1 atom stereocenters. The van der Waals surface area contributed by atoms with Gasteiger partial charge in [0.15, 0.2) is 6.61 Å². The van der Waals surface area contributed by atoms with Crippen LogP contribution in [0, 0.1) is 17.8 Å². The standard InChI is InChI=1S/C27H39NO4/c1-4-7-20-25(29)32-27(23-16-10-8-11-17-23,24-18-12-9-13-19-24)26(30)31-22-15-14-21-28(5-2)6-3/h8,10-11,16-17,24H,4-7,9,12-13,18-22H2,1-3H3. The molecular weight excluding hydrogens is 402 g/mol. The van der Waals surface area contributed by atoms with Gasteiger partial charge in [-0.25, -0.2) is 4.79 Å². The number of unbranched alkanes of at least 4 members (excludes halogenated alkanes) is 1. The number of benzene rings is 1. The summed E-state index contributed by atoms with van der Waals surface area (Å²) in [5.74, 6) is 5.09. The molecule has 1 aliphatic carbocycles. The monoisotopic (exact) mass is 441 g/mol. The van der Waals surface area contributed by atoms with Crippen molar-refractivity contribution in [2.75, 3.05) is 26.2 Å². The number of rotatable bonds is 11. The minimum Gasteiger partial charge on any atom is -0.449 e. The number of ether oxygens (including phenoxy) is 2. The number of hydrogen-bond donors (Lipinski definition) is 0. The Morgan fingerprint density at radius 2 is 1.72 bits per heavy atom. The highest BCUT2D eigenvalue weighted by atomic mass is 16.6. The van der Waals surface area contributed by atoms with E-state index in [-0.39, 0.29) is 18.5 Å². The molecule has 0 N–H and O–H groups in total. The number of carbonyl (C=O) groups is 2. The van der Waals surface area contributed by atoms with Crippen molar-refractivity contribution in [1.29, 1.82) is 0 Å². The third kappa shape index (κ3) is 7.10. The van der Waals surface area contributed by atoms with Gasteiger partial charge < -0.3 is 9.47 Å². The van der Waals surface area contributed by atoms with Crippen LogP contribution in [0.25, 0.3) is 0 Å². The highest BCUT2D eigenvalue weighted by Gasteiger charge is 2.52. The van der Waals surface area contributed by atoms with Gasteiger partial charge in [0, 0.05) is 17.9 Å². The zero-order valence-corrected chi connectivity index (χ0v) is 20.0. The number of nitrogens with zero attached hydrogens (tertiary/aromatic N) is 1. The second kappa shape index (κ2) is 14.0. The zero-order valence-electron chi connectivity index (χ0n) is 20.0. The number of hydrogen-bond acceptors (Lipinski definition) is 5. The minimum atomic E-state index is -1.41. The van der Waals surface area contributed by atoms with Crippen molar-refractivity contribution in [3.05, 3.63) is 35.9 Å². The third-order valence-corrected chi connectivity index (χ3v) is 6.29. The number of esters is 2. The van der Waals surface area contributed by atoms with E-state index in [0.29, 0.717) is 18.5 Å².